The van der Waals surface area contributed by atoms with Gasteiger partial charge in [0.05, 0.1) is 12.1 Å². The third kappa shape index (κ3) is 4.62. The molecule has 0 bridgehead atoms. The zero-order valence-corrected chi connectivity index (χ0v) is 19.7. The van der Waals surface area contributed by atoms with Crippen LogP contribution in [0, 0.1) is 5.92 Å². The molecule has 33 heavy (non-hydrogen) atoms. The first kappa shape index (κ1) is 24.0. The van der Waals surface area contributed by atoms with Crippen molar-refractivity contribution >= 4 is 63.4 Å². The van der Waals surface area contributed by atoms with E-state index < -0.39 is 40.4 Å². The maximum absolute atomic E-state index is 14.7. The maximum atomic E-state index is 14.7. The fourth-order valence-electron chi connectivity index (χ4n) is 4.09. The number of fused-ring (bicyclic) bond motifs is 1. The van der Waals surface area contributed by atoms with Crippen LogP contribution in [0.15, 0.2) is 18.2 Å². The smallest absolute Gasteiger partial charge is 0.269 e. The summed E-state index contributed by atoms with van der Waals surface area (Å²) in [5.41, 5.74) is 5.77. The molecule has 1 aliphatic carbocycles. The number of nitrogens with zero attached hydrogens (tertiary/aromatic N) is 3. The Kier molecular flexibility index (Phi) is 6.47. The molecule has 2 heterocycles. The lowest BCUT2D eigenvalue weighted by Gasteiger charge is -2.26. The minimum absolute atomic E-state index is 0.0293. The lowest BCUT2D eigenvalue weighted by molar-refractivity contribution is -0.141. The summed E-state index contributed by atoms with van der Waals surface area (Å²) in [4.78, 5) is 38.9. The van der Waals surface area contributed by atoms with Crippen molar-refractivity contribution in [3.05, 3.63) is 28.9 Å². The van der Waals surface area contributed by atoms with Crippen LogP contribution in [0.5, 0.6) is 0 Å². The van der Waals surface area contributed by atoms with Crippen LogP contribution in [0.25, 0.3) is 10.9 Å². The predicted octanol–water partition coefficient (Wildman–Crippen LogP) is 1.66. The average molecular weight is 521 g/mol. The van der Waals surface area contributed by atoms with Crippen molar-refractivity contribution in [3.8, 4) is 0 Å². The molecular weight excluding hydrogens is 500 g/mol. The molecular formula is C20H21Cl3FN5O4. The molecule has 4 atom stereocenters. The van der Waals surface area contributed by atoms with Crippen molar-refractivity contribution in [1.29, 1.82) is 0 Å². The molecule has 2 aromatic rings. The van der Waals surface area contributed by atoms with Crippen molar-refractivity contribution in [2.75, 3.05) is 20.2 Å². The van der Waals surface area contributed by atoms with Gasteiger partial charge in [0.1, 0.15) is 29.2 Å². The summed E-state index contributed by atoms with van der Waals surface area (Å²) < 4.78 is 20.2. The van der Waals surface area contributed by atoms with Crippen LogP contribution in [0.1, 0.15) is 16.9 Å². The van der Waals surface area contributed by atoms with E-state index >= 15 is 0 Å². The second-order valence-corrected chi connectivity index (χ2v) is 10.1. The topological polar surface area (TPSA) is 120 Å². The van der Waals surface area contributed by atoms with Crippen LogP contribution >= 0.6 is 34.8 Å². The third-order valence-electron chi connectivity index (χ3n) is 5.95. The van der Waals surface area contributed by atoms with Crippen molar-refractivity contribution in [2.45, 2.75) is 35.6 Å². The summed E-state index contributed by atoms with van der Waals surface area (Å²) in [5, 5.41) is 7.60. The van der Waals surface area contributed by atoms with Crippen LogP contribution in [-0.4, -0.2) is 75.3 Å². The molecule has 1 saturated carbocycles. The number of methoxy groups -OCH3 is 1. The molecule has 0 unspecified atom stereocenters. The zero-order valence-electron chi connectivity index (χ0n) is 17.4. The van der Waals surface area contributed by atoms with Crippen LogP contribution in [0.4, 0.5) is 4.39 Å². The number of primary amides is 1. The van der Waals surface area contributed by atoms with E-state index in [1.165, 1.54) is 17.9 Å². The second kappa shape index (κ2) is 8.90. The minimum atomic E-state index is -1.57. The highest BCUT2D eigenvalue weighted by molar-refractivity contribution is 6.50. The second-order valence-electron chi connectivity index (χ2n) is 8.15. The predicted molar refractivity (Wildman–Crippen MR) is 120 cm³/mol. The van der Waals surface area contributed by atoms with E-state index in [4.69, 9.17) is 45.3 Å². The largest absolute Gasteiger partial charge is 0.376 e. The fourth-order valence-corrected chi connectivity index (χ4v) is 4.79. The molecule has 3 amide bonds. The Morgan fingerprint density at radius 2 is 2.06 bits per heavy atom. The van der Waals surface area contributed by atoms with Crippen LogP contribution in [0.2, 0.25) is 5.02 Å². The van der Waals surface area contributed by atoms with Gasteiger partial charge in [-0.15, -0.1) is 23.2 Å². The lowest BCUT2D eigenvalue weighted by atomic mass is 10.1. The zero-order chi connectivity index (χ0) is 24.1. The molecule has 4 rings (SSSR count). The Bertz CT molecular complexity index is 1130. The first-order valence-corrected chi connectivity index (χ1v) is 11.2. The van der Waals surface area contributed by atoms with Gasteiger partial charge in [-0.3, -0.25) is 19.1 Å². The number of alkyl halides is 3. The Balaban J connectivity index is 1.56. The average Bonchev–Trinajstić information content (AvgIpc) is 3.06. The van der Waals surface area contributed by atoms with E-state index in [-0.39, 0.29) is 31.2 Å². The summed E-state index contributed by atoms with van der Waals surface area (Å²) >= 11 is 18.0. The molecule has 9 nitrogen and oxygen atoms in total. The first-order valence-electron chi connectivity index (χ1n) is 10.1. The molecule has 0 spiro atoms. The third-order valence-corrected chi connectivity index (χ3v) is 7.11. The van der Waals surface area contributed by atoms with Crippen LogP contribution in [-0.2, 0) is 20.9 Å². The van der Waals surface area contributed by atoms with E-state index in [2.05, 4.69) is 10.4 Å². The highest BCUT2D eigenvalue weighted by atomic mass is 35.5. The standard InChI is InChI=1S/C20H21Cl3FN5O4/c1-33-17-12(24)7-28(16(17)19(32)26-6-9-5-20(9,22)23)14(30)8-29-13-4-10(21)2-3-11(13)15(27-29)18(25)31/h2-4,9,12,16-17H,5-8H2,1H3,(H2,25,31)(H,26,32)/t9-,12+,16+,17-/m1/s1. The number of carbonyl (C=O) groups excluding carboxylic acids is 3. The van der Waals surface area contributed by atoms with E-state index in [0.29, 0.717) is 22.3 Å². The number of hydrogen-bond acceptors (Lipinski definition) is 5. The number of nitrogens with two attached hydrogens (primary N) is 1. The molecule has 2 fully saturated rings. The number of ether oxygens (including phenoxy) is 1. The Hall–Kier alpha value is -2.14. The Morgan fingerprint density at radius 3 is 2.67 bits per heavy atom. The lowest BCUT2D eigenvalue weighted by Crippen LogP contribution is -2.52. The van der Waals surface area contributed by atoms with Gasteiger partial charge < -0.3 is 20.7 Å². The quantitative estimate of drug-likeness (QED) is 0.538. The Morgan fingerprint density at radius 1 is 1.36 bits per heavy atom. The minimum Gasteiger partial charge on any atom is -0.376 e. The maximum Gasteiger partial charge on any atom is 0.269 e. The SMILES string of the molecule is CO[C@H]1[C@@H](C(=O)NC[C@H]2CC2(Cl)Cl)N(C(=O)Cn2nc(C(N)=O)c3ccc(Cl)cc32)C[C@@H]1F. The van der Waals surface area contributed by atoms with Crippen molar-refractivity contribution in [1.82, 2.24) is 20.0 Å². The highest BCUT2D eigenvalue weighted by Crippen LogP contribution is 2.52. The number of likely N-dealkylation sites (tertiary alicyclic amines) is 1. The van der Waals surface area contributed by atoms with Crippen LogP contribution in [0.3, 0.4) is 0 Å². The number of amides is 3. The van der Waals surface area contributed by atoms with E-state index in [9.17, 15) is 18.8 Å². The molecule has 13 heteroatoms. The molecule has 1 aromatic carbocycles. The number of aromatic nitrogens is 2. The van der Waals surface area contributed by atoms with E-state index in [0.717, 1.165) is 4.90 Å². The van der Waals surface area contributed by atoms with Gasteiger partial charge in [-0.25, -0.2) is 4.39 Å². The first-order chi connectivity index (χ1) is 15.5. The van der Waals surface area contributed by atoms with Crippen molar-refractivity contribution in [2.24, 2.45) is 11.7 Å². The summed E-state index contributed by atoms with van der Waals surface area (Å²) in [5.74, 6) is -2.05. The molecule has 1 saturated heterocycles. The summed E-state index contributed by atoms with van der Waals surface area (Å²) in [7, 11) is 1.27. The number of nitrogens with one attached hydrogen (secondary N) is 1. The molecule has 3 N–H and O–H groups in total. The summed E-state index contributed by atoms with van der Waals surface area (Å²) in [6.07, 6.45) is -2.18. The number of halogens is 4. The van der Waals surface area contributed by atoms with Crippen LogP contribution < -0.4 is 11.1 Å². The van der Waals surface area contributed by atoms with E-state index in [1.54, 1.807) is 12.1 Å². The fraction of sp³-hybridized carbons (Fsp3) is 0.500. The van der Waals surface area contributed by atoms with Gasteiger partial charge in [-0.2, -0.15) is 5.10 Å². The number of benzene rings is 1. The van der Waals surface area contributed by atoms with Gasteiger partial charge in [0.15, 0.2) is 5.69 Å². The number of hydrogen-bond donors (Lipinski definition) is 2. The molecule has 1 aliphatic heterocycles. The van der Waals surface area contributed by atoms with Gasteiger partial charge >= 0.3 is 0 Å². The molecule has 178 valence electrons. The Labute approximate surface area is 203 Å². The van der Waals surface area contributed by atoms with Gasteiger partial charge in [-0.1, -0.05) is 11.6 Å². The molecule has 2 aliphatic rings. The van der Waals surface area contributed by atoms with Gasteiger partial charge in [0, 0.05) is 30.0 Å². The number of rotatable bonds is 7. The monoisotopic (exact) mass is 519 g/mol. The van der Waals surface area contributed by atoms with E-state index in [1.807, 2.05) is 0 Å². The van der Waals surface area contributed by atoms with Crippen molar-refractivity contribution in [3.63, 3.8) is 0 Å². The summed E-state index contributed by atoms with van der Waals surface area (Å²) in [6.45, 7) is -0.509. The van der Waals surface area contributed by atoms with Gasteiger partial charge in [0.25, 0.3) is 5.91 Å². The number of carbonyl (C=O) groups is 3. The molecule has 0 radical (unpaired) electrons. The van der Waals surface area contributed by atoms with Gasteiger partial charge in [-0.05, 0) is 24.6 Å². The van der Waals surface area contributed by atoms with Gasteiger partial charge in [0.2, 0.25) is 11.8 Å². The highest BCUT2D eigenvalue weighted by Gasteiger charge is 2.53. The van der Waals surface area contributed by atoms with Crippen molar-refractivity contribution < 1.29 is 23.5 Å². The molecule has 1 aromatic heterocycles. The normalized spacial score (nSPS) is 25.9. The summed E-state index contributed by atoms with van der Waals surface area (Å²) in [6, 6.07) is 3.48.